The molecule has 0 spiro atoms. The van der Waals surface area contributed by atoms with Gasteiger partial charge in [-0.3, -0.25) is 4.79 Å². The van der Waals surface area contributed by atoms with E-state index in [2.05, 4.69) is 5.32 Å². The lowest BCUT2D eigenvalue weighted by Gasteiger charge is -2.12. The maximum atomic E-state index is 12.6. The molecule has 7 heteroatoms. The summed E-state index contributed by atoms with van der Waals surface area (Å²) in [4.78, 5) is 26.4. The van der Waals surface area contributed by atoms with E-state index in [0.717, 1.165) is 43.2 Å². The molecule has 160 valence electrons. The van der Waals surface area contributed by atoms with Gasteiger partial charge in [-0.2, -0.15) is 0 Å². The lowest BCUT2D eigenvalue weighted by atomic mass is 9.95. The Morgan fingerprint density at radius 1 is 1.13 bits per heavy atom. The third-order valence-corrected chi connectivity index (χ3v) is 6.09. The molecular formula is C23H27NO5S. The van der Waals surface area contributed by atoms with Crippen molar-refractivity contribution < 1.29 is 23.8 Å². The van der Waals surface area contributed by atoms with E-state index in [9.17, 15) is 9.59 Å². The van der Waals surface area contributed by atoms with Gasteiger partial charge in [-0.15, -0.1) is 11.3 Å². The normalized spacial score (nSPS) is 13.0. The molecule has 6 nitrogen and oxygen atoms in total. The van der Waals surface area contributed by atoms with E-state index in [1.165, 1.54) is 22.3 Å². The van der Waals surface area contributed by atoms with Crippen LogP contribution in [0.2, 0.25) is 0 Å². The number of esters is 1. The van der Waals surface area contributed by atoms with Crippen LogP contribution in [0.4, 0.5) is 5.00 Å². The minimum Gasteiger partial charge on any atom is -0.493 e. The van der Waals surface area contributed by atoms with E-state index in [-0.39, 0.29) is 11.9 Å². The van der Waals surface area contributed by atoms with Crippen LogP contribution >= 0.6 is 11.3 Å². The average molecular weight is 430 g/mol. The maximum Gasteiger partial charge on any atom is 0.341 e. The monoisotopic (exact) mass is 429 g/mol. The van der Waals surface area contributed by atoms with Gasteiger partial charge < -0.3 is 19.5 Å². The molecule has 2 aromatic rings. The average Bonchev–Trinajstić information content (AvgIpc) is 3.13. The first-order valence-corrected chi connectivity index (χ1v) is 10.9. The molecule has 1 amide bonds. The number of hydrogen-bond acceptors (Lipinski definition) is 6. The van der Waals surface area contributed by atoms with Crippen molar-refractivity contribution in [1.82, 2.24) is 0 Å². The summed E-state index contributed by atoms with van der Waals surface area (Å²) in [7, 11) is 3.14. The molecule has 1 N–H and O–H groups in total. The standard InChI is InChI=1S/C23H27NO5S/c1-4-13-29-23(26)21-16-7-5-6-8-19(16)30-22(21)24-20(25)12-10-15-9-11-17(27-2)18(14-15)28-3/h9-12,14H,4-8,13H2,1-3H3,(H,24,25)/b12-10+. The van der Waals surface area contributed by atoms with Crippen molar-refractivity contribution in [2.45, 2.75) is 39.0 Å². The number of carbonyl (C=O) groups is 2. The van der Waals surface area contributed by atoms with Crippen molar-refractivity contribution in [2.24, 2.45) is 0 Å². The summed E-state index contributed by atoms with van der Waals surface area (Å²) in [6, 6.07) is 5.41. The molecule has 1 aliphatic rings. The number of amides is 1. The highest BCUT2D eigenvalue weighted by Gasteiger charge is 2.27. The van der Waals surface area contributed by atoms with Crippen molar-refractivity contribution in [2.75, 3.05) is 26.1 Å². The minimum absolute atomic E-state index is 0.298. The van der Waals surface area contributed by atoms with Crippen LogP contribution in [-0.2, 0) is 22.4 Å². The van der Waals surface area contributed by atoms with E-state index in [0.29, 0.717) is 28.7 Å². The molecule has 1 aromatic heterocycles. The zero-order chi connectivity index (χ0) is 21.5. The first-order valence-electron chi connectivity index (χ1n) is 10.1. The third kappa shape index (κ3) is 5.02. The number of methoxy groups -OCH3 is 2. The van der Waals surface area contributed by atoms with Crippen molar-refractivity contribution in [3.63, 3.8) is 0 Å². The fraction of sp³-hybridized carbons (Fsp3) is 0.391. The smallest absolute Gasteiger partial charge is 0.341 e. The summed E-state index contributed by atoms with van der Waals surface area (Å²) >= 11 is 1.48. The number of carbonyl (C=O) groups excluding carboxylic acids is 2. The molecule has 0 saturated heterocycles. The van der Waals surface area contributed by atoms with Gasteiger partial charge in [-0.05, 0) is 61.4 Å². The fourth-order valence-electron chi connectivity index (χ4n) is 3.42. The van der Waals surface area contributed by atoms with Gasteiger partial charge in [-0.25, -0.2) is 4.79 Å². The lowest BCUT2D eigenvalue weighted by molar-refractivity contribution is -0.111. The Kier molecular flexibility index (Phi) is 7.52. The summed E-state index contributed by atoms with van der Waals surface area (Å²) in [5.41, 5.74) is 2.36. The molecule has 0 bridgehead atoms. The number of rotatable bonds is 8. The second-order valence-corrected chi connectivity index (χ2v) is 8.09. The van der Waals surface area contributed by atoms with E-state index in [4.69, 9.17) is 14.2 Å². The molecule has 1 aromatic carbocycles. The Hall–Kier alpha value is -2.80. The second kappa shape index (κ2) is 10.3. The Labute approximate surface area is 180 Å². The number of anilines is 1. The molecule has 0 aliphatic heterocycles. The van der Waals surface area contributed by atoms with Gasteiger partial charge in [0.2, 0.25) is 5.91 Å². The zero-order valence-corrected chi connectivity index (χ0v) is 18.4. The van der Waals surface area contributed by atoms with Crippen LogP contribution in [0.3, 0.4) is 0 Å². The predicted molar refractivity (Wildman–Crippen MR) is 119 cm³/mol. The van der Waals surface area contributed by atoms with E-state index < -0.39 is 0 Å². The Balaban J connectivity index is 1.78. The molecule has 0 saturated carbocycles. The zero-order valence-electron chi connectivity index (χ0n) is 17.6. The van der Waals surface area contributed by atoms with E-state index in [1.807, 2.05) is 13.0 Å². The SMILES string of the molecule is CCCOC(=O)c1c(NC(=O)/C=C/c2ccc(OC)c(OC)c2)sc2c1CCCC2. The largest absolute Gasteiger partial charge is 0.493 e. The van der Waals surface area contributed by atoms with Crippen LogP contribution in [0, 0.1) is 0 Å². The topological polar surface area (TPSA) is 73.9 Å². The Morgan fingerprint density at radius 3 is 2.63 bits per heavy atom. The van der Waals surface area contributed by atoms with Gasteiger partial charge in [0.05, 0.1) is 26.4 Å². The summed E-state index contributed by atoms with van der Waals surface area (Å²) in [6.07, 6.45) is 7.83. The highest BCUT2D eigenvalue weighted by atomic mass is 32.1. The van der Waals surface area contributed by atoms with Gasteiger partial charge in [0, 0.05) is 11.0 Å². The van der Waals surface area contributed by atoms with Gasteiger partial charge in [-0.1, -0.05) is 13.0 Å². The molecule has 1 heterocycles. The Bertz CT molecular complexity index is 947. The molecule has 0 radical (unpaired) electrons. The van der Waals surface area contributed by atoms with Gasteiger partial charge in [0.25, 0.3) is 0 Å². The maximum absolute atomic E-state index is 12.6. The number of ether oxygens (including phenoxy) is 3. The molecule has 3 rings (SSSR count). The van der Waals surface area contributed by atoms with Crippen LogP contribution in [0.1, 0.15) is 52.5 Å². The molecule has 0 atom stereocenters. The van der Waals surface area contributed by atoms with Crippen LogP contribution in [0.15, 0.2) is 24.3 Å². The molecule has 30 heavy (non-hydrogen) atoms. The van der Waals surface area contributed by atoms with Gasteiger partial charge >= 0.3 is 5.97 Å². The predicted octanol–water partition coefficient (Wildman–Crippen LogP) is 4.86. The van der Waals surface area contributed by atoms with Crippen LogP contribution in [0.25, 0.3) is 6.08 Å². The lowest BCUT2D eigenvalue weighted by Crippen LogP contribution is -2.14. The van der Waals surface area contributed by atoms with Crippen LogP contribution in [-0.4, -0.2) is 32.7 Å². The number of hydrogen-bond donors (Lipinski definition) is 1. The second-order valence-electron chi connectivity index (χ2n) is 6.99. The van der Waals surface area contributed by atoms with Crippen LogP contribution in [0.5, 0.6) is 11.5 Å². The first-order chi connectivity index (χ1) is 14.6. The Morgan fingerprint density at radius 2 is 1.90 bits per heavy atom. The molecule has 1 aliphatic carbocycles. The van der Waals surface area contributed by atoms with Crippen molar-refractivity contribution in [3.05, 3.63) is 45.8 Å². The number of nitrogens with one attached hydrogen (secondary N) is 1. The quantitative estimate of drug-likeness (QED) is 0.479. The molecule has 0 unspecified atom stereocenters. The number of thiophene rings is 1. The van der Waals surface area contributed by atoms with Gasteiger partial charge in [0.1, 0.15) is 5.00 Å². The van der Waals surface area contributed by atoms with E-state index in [1.54, 1.807) is 32.4 Å². The first kappa shape index (κ1) is 21.9. The van der Waals surface area contributed by atoms with Gasteiger partial charge in [0.15, 0.2) is 11.5 Å². The molecule has 0 fully saturated rings. The summed E-state index contributed by atoms with van der Waals surface area (Å²) in [5.74, 6) is 0.564. The highest BCUT2D eigenvalue weighted by Crippen LogP contribution is 2.38. The fourth-order valence-corrected chi connectivity index (χ4v) is 4.70. The summed E-state index contributed by atoms with van der Waals surface area (Å²) < 4.78 is 15.9. The van der Waals surface area contributed by atoms with Crippen molar-refractivity contribution in [3.8, 4) is 11.5 Å². The molecular weight excluding hydrogens is 402 g/mol. The van der Waals surface area contributed by atoms with E-state index >= 15 is 0 Å². The number of benzene rings is 1. The number of aryl methyl sites for hydroxylation is 1. The summed E-state index contributed by atoms with van der Waals surface area (Å²) in [6.45, 7) is 2.33. The minimum atomic E-state index is -0.351. The van der Waals surface area contributed by atoms with Crippen molar-refractivity contribution in [1.29, 1.82) is 0 Å². The number of fused-ring (bicyclic) bond motifs is 1. The summed E-state index contributed by atoms with van der Waals surface area (Å²) in [5, 5.41) is 3.46. The highest BCUT2D eigenvalue weighted by molar-refractivity contribution is 7.17. The van der Waals surface area contributed by atoms with Crippen molar-refractivity contribution >= 4 is 34.3 Å². The third-order valence-electron chi connectivity index (χ3n) is 4.88. The van der Waals surface area contributed by atoms with Crippen LogP contribution < -0.4 is 14.8 Å².